The van der Waals surface area contributed by atoms with Crippen LogP contribution in [0.4, 0.5) is 26.3 Å². The number of nitriles is 1. The van der Waals surface area contributed by atoms with Crippen LogP contribution in [0.2, 0.25) is 0 Å². The Morgan fingerprint density at radius 1 is 1.11 bits per heavy atom. The molecule has 4 aliphatic rings. The van der Waals surface area contributed by atoms with E-state index in [9.17, 15) is 41.2 Å². The zero-order chi connectivity index (χ0) is 27.0. The highest BCUT2D eigenvalue weighted by Gasteiger charge is 2.56. The van der Waals surface area contributed by atoms with Crippen molar-refractivity contribution in [2.75, 3.05) is 13.1 Å². The first-order valence-corrected chi connectivity index (χ1v) is 12.0. The molecule has 0 unspecified atom stereocenters. The molecular weight excluding hydrogens is 504 g/mol. The zero-order valence-electron chi connectivity index (χ0n) is 19.8. The first kappa shape index (κ1) is 25.8. The number of fused-ring (bicyclic) bond motifs is 3. The Morgan fingerprint density at radius 3 is 2.27 bits per heavy atom. The molecule has 7 atom stereocenters. The molecule has 1 aliphatic carbocycles. The van der Waals surface area contributed by atoms with Crippen molar-refractivity contribution >= 4 is 11.8 Å². The molecule has 4 fully saturated rings. The van der Waals surface area contributed by atoms with E-state index in [-0.39, 0.29) is 30.1 Å². The van der Waals surface area contributed by atoms with Gasteiger partial charge in [0.2, 0.25) is 11.8 Å². The third kappa shape index (κ3) is 4.44. The van der Waals surface area contributed by atoms with Gasteiger partial charge in [-0.2, -0.15) is 31.6 Å². The summed E-state index contributed by atoms with van der Waals surface area (Å²) in [5.74, 6) is -0.442. The summed E-state index contributed by atoms with van der Waals surface area (Å²) in [6, 6.07) is -0.0555. The fraction of sp³-hybridized carbons (Fsp3) is 0.625. The van der Waals surface area contributed by atoms with Crippen molar-refractivity contribution in [3.8, 4) is 6.07 Å². The number of benzene rings is 1. The second-order valence-electron chi connectivity index (χ2n) is 10.4. The molecule has 3 heterocycles. The van der Waals surface area contributed by atoms with Gasteiger partial charge in [0.25, 0.3) is 0 Å². The molecule has 2 N–H and O–H groups in total. The van der Waals surface area contributed by atoms with Gasteiger partial charge in [-0.15, -0.1) is 0 Å². The zero-order valence-corrected chi connectivity index (χ0v) is 19.8. The van der Waals surface area contributed by atoms with Gasteiger partial charge in [-0.1, -0.05) is 0 Å². The van der Waals surface area contributed by atoms with Gasteiger partial charge in [-0.25, -0.2) is 0 Å². The molecule has 2 amide bonds. The van der Waals surface area contributed by atoms with Crippen molar-refractivity contribution in [2.45, 2.75) is 74.8 Å². The Labute approximate surface area is 208 Å². The Bertz CT molecular complexity index is 1130. The van der Waals surface area contributed by atoms with Crippen LogP contribution in [0, 0.1) is 17.2 Å². The Morgan fingerprint density at radius 2 is 1.73 bits per heavy atom. The second-order valence-corrected chi connectivity index (χ2v) is 10.4. The first-order valence-electron chi connectivity index (χ1n) is 12.0. The van der Waals surface area contributed by atoms with Gasteiger partial charge in [-0.05, 0) is 55.9 Å². The molecule has 5 rings (SSSR count). The van der Waals surface area contributed by atoms with Crippen LogP contribution in [-0.4, -0.2) is 69.8 Å². The number of carbonyl (C=O) groups excluding carboxylic acids is 2. The molecule has 3 aliphatic heterocycles. The van der Waals surface area contributed by atoms with Gasteiger partial charge >= 0.3 is 12.4 Å². The Kier molecular flexibility index (Phi) is 5.99. The lowest BCUT2D eigenvalue weighted by Gasteiger charge is -2.39. The standard InChI is InChI=1S/C24H25F6N5O2/c1-11(12-2-14(23(25,26)27)6-15(3-12)24(28,29)30)34-17-7-20(22(34)37)33(9-17)10-18(32)21(36)35-16(8-31)4-13-5-19(13)35/h2-3,6,11,13,16-20H,4-5,7,9-10,32H2,1H3/t11-,13-,16+,17+,18+,19+,20+/m1/s1. The van der Waals surface area contributed by atoms with E-state index in [1.54, 1.807) is 9.80 Å². The maximum atomic E-state index is 13.3. The molecule has 200 valence electrons. The summed E-state index contributed by atoms with van der Waals surface area (Å²) < 4.78 is 79.9. The van der Waals surface area contributed by atoms with E-state index in [0.717, 1.165) is 6.42 Å². The first-order chi connectivity index (χ1) is 17.2. The van der Waals surface area contributed by atoms with Crippen LogP contribution in [0.1, 0.15) is 48.9 Å². The number of nitrogens with zero attached hydrogens (tertiary/aromatic N) is 4. The summed E-state index contributed by atoms with van der Waals surface area (Å²) in [5, 5.41) is 9.34. The van der Waals surface area contributed by atoms with Crippen LogP contribution in [0.3, 0.4) is 0 Å². The van der Waals surface area contributed by atoms with E-state index in [2.05, 4.69) is 6.07 Å². The van der Waals surface area contributed by atoms with Gasteiger partial charge in [0.1, 0.15) is 6.04 Å². The number of piperidine rings is 1. The van der Waals surface area contributed by atoms with Crippen LogP contribution >= 0.6 is 0 Å². The minimum atomic E-state index is -4.98. The summed E-state index contributed by atoms with van der Waals surface area (Å²) in [4.78, 5) is 30.8. The number of likely N-dealkylation sites (tertiary alicyclic amines) is 3. The number of halogens is 6. The van der Waals surface area contributed by atoms with Gasteiger partial charge in [0, 0.05) is 25.2 Å². The fourth-order valence-electron chi connectivity index (χ4n) is 6.19. The normalized spacial score (nSPS) is 30.9. The molecule has 13 heteroatoms. The largest absolute Gasteiger partial charge is 0.416 e. The highest BCUT2D eigenvalue weighted by Crippen LogP contribution is 2.48. The Balaban J connectivity index is 1.30. The summed E-state index contributed by atoms with van der Waals surface area (Å²) >= 11 is 0. The van der Waals surface area contributed by atoms with Crippen molar-refractivity contribution in [1.29, 1.82) is 5.26 Å². The maximum Gasteiger partial charge on any atom is 0.416 e. The minimum absolute atomic E-state index is 0.0326. The third-order valence-electron chi connectivity index (χ3n) is 8.08. The van der Waals surface area contributed by atoms with E-state index in [1.807, 2.05) is 0 Å². The average molecular weight is 529 g/mol. The molecular formula is C24H25F6N5O2. The lowest BCUT2D eigenvalue weighted by atomic mass is 9.98. The highest BCUT2D eigenvalue weighted by atomic mass is 19.4. The third-order valence-corrected chi connectivity index (χ3v) is 8.08. The van der Waals surface area contributed by atoms with Crippen LogP contribution in [0.5, 0.6) is 0 Å². The van der Waals surface area contributed by atoms with E-state index >= 15 is 0 Å². The van der Waals surface area contributed by atoms with E-state index in [0.29, 0.717) is 37.4 Å². The average Bonchev–Trinajstić information content (AvgIpc) is 3.15. The summed E-state index contributed by atoms with van der Waals surface area (Å²) in [6.07, 6.45) is -8.15. The van der Waals surface area contributed by atoms with Crippen molar-refractivity contribution < 1.29 is 35.9 Å². The van der Waals surface area contributed by atoms with Gasteiger partial charge in [-0.3, -0.25) is 14.5 Å². The van der Waals surface area contributed by atoms with E-state index in [4.69, 9.17) is 5.73 Å². The lowest BCUT2D eigenvalue weighted by molar-refractivity contribution is -0.143. The number of amides is 2. The van der Waals surface area contributed by atoms with Gasteiger partial charge in [0.15, 0.2) is 0 Å². The Hall–Kier alpha value is -2.85. The van der Waals surface area contributed by atoms with Gasteiger partial charge < -0.3 is 15.5 Å². The summed E-state index contributed by atoms with van der Waals surface area (Å²) in [6.45, 7) is 1.78. The molecule has 2 bridgehead atoms. The van der Waals surface area contributed by atoms with E-state index in [1.165, 1.54) is 11.8 Å². The number of hydrogen-bond donors (Lipinski definition) is 1. The van der Waals surface area contributed by atoms with Crippen LogP contribution in [-0.2, 0) is 21.9 Å². The number of carbonyl (C=O) groups is 2. The van der Waals surface area contributed by atoms with Crippen molar-refractivity contribution in [2.24, 2.45) is 11.7 Å². The molecule has 1 saturated carbocycles. The molecule has 37 heavy (non-hydrogen) atoms. The van der Waals surface area contributed by atoms with Crippen LogP contribution in [0.15, 0.2) is 18.2 Å². The number of piperazine rings is 1. The van der Waals surface area contributed by atoms with Gasteiger partial charge in [0.05, 0.1) is 35.3 Å². The van der Waals surface area contributed by atoms with Crippen LogP contribution in [0.25, 0.3) is 0 Å². The number of rotatable bonds is 5. The van der Waals surface area contributed by atoms with E-state index < -0.39 is 59.6 Å². The molecule has 3 saturated heterocycles. The molecule has 0 spiro atoms. The second kappa shape index (κ2) is 8.59. The monoisotopic (exact) mass is 529 g/mol. The number of nitrogens with two attached hydrogens (primary N) is 1. The van der Waals surface area contributed by atoms with Crippen molar-refractivity contribution in [1.82, 2.24) is 14.7 Å². The topological polar surface area (TPSA) is 93.7 Å². The number of alkyl halides is 6. The summed E-state index contributed by atoms with van der Waals surface area (Å²) in [5.41, 5.74) is 3.06. The molecule has 1 aromatic rings. The molecule has 0 radical (unpaired) electrons. The summed E-state index contributed by atoms with van der Waals surface area (Å²) in [7, 11) is 0. The lowest BCUT2D eigenvalue weighted by Crippen LogP contribution is -2.57. The van der Waals surface area contributed by atoms with Crippen molar-refractivity contribution in [3.63, 3.8) is 0 Å². The highest BCUT2D eigenvalue weighted by molar-refractivity contribution is 5.87. The maximum absolute atomic E-state index is 13.3. The SMILES string of the molecule is C[C@H](c1cc(C(F)(F)F)cc(C(F)(F)F)c1)N1C(=O)[C@@H]2C[C@H]1CN2C[C@H](N)C(=O)N1[C@H](C#N)C[C@@H]2C[C@@H]21. The minimum Gasteiger partial charge on any atom is -0.330 e. The molecule has 0 aromatic heterocycles. The predicted octanol–water partition coefficient (Wildman–Crippen LogP) is 2.91. The number of hydrogen-bond acceptors (Lipinski definition) is 5. The smallest absolute Gasteiger partial charge is 0.330 e. The fourth-order valence-corrected chi connectivity index (χ4v) is 6.19. The van der Waals surface area contributed by atoms with Crippen molar-refractivity contribution in [3.05, 3.63) is 34.9 Å². The van der Waals surface area contributed by atoms with Crippen LogP contribution < -0.4 is 5.73 Å². The molecule has 7 nitrogen and oxygen atoms in total. The predicted molar refractivity (Wildman–Crippen MR) is 116 cm³/mol. The quantitative estimate of drug-likeness (QED) is 0.593. The molecule has 1 aromatic carbocycles.